The molecule has 21 heavy (non-hydrogen) atoms. The number of hydrogen-bond donors (Lipinski definition) is 1. The van der Waals surface area contributed by atoms with E-state index in [4.69, 9.17) is 15.2 Å². The molecule has 2 aliphatic rings. The van der Waals surface area contributed by atoms with Gasteiger partial charge in [0.05, 0.1) is 12.8 Å². The van der Waals surface area contributed by atoms with Crippen LogP contribution in [0.15, 0.2) is 18.2 Å². The minimum absolute atomic E-state index is 0.0573. The van der Waals surface area contributed by atoms with E-state index in [1.165, 1.54) is 43.6 Å². The standard InChI is InChI=1S/C16H25N2O2P/c1-19-16-12-14(2-3-15(16)17)21-10-6-18(7-11-21)13-4-8-20-9-5-13/h2-3,12-13H,4-11,17H2,1H3. The summed E-state index contributed by atoms with van der Waals surface area (Å²) >= 11 is 0. The molecule has 2 saturated heterocycles. The average Bonchev–Trinajstić information content (AvgIpc) is 2.56. The molecule has 0 spiro atoms. The van der Waals surface area contributed by atoms with Gasteiger partial charge in [0.15, 0.2) is 0 Å². The lowest BCUT2D eigenvalue weighted by atomic mass is 10.1. The summed E-state index contributed by atoms with van der Waals surface area (Å²) in [6, 6.07) is 7.07. The number of nitrogen functional groups attached to an aromatic ring is 1. The van der Waals surface area contributed by atoms with Crippen LogP contribution < -0.4 is 15.8 Å². The van der Waals surface area contributed by atoms with E-state index in [2.05, 4.69) is 17.0 Å². The maximum atomic E-state index is 5.91. The van der Waals surface area contributed by atoms with Crippen molar-refractivity contribution in [2.45, 2.75) is 18.9 Å². The minimum atomic E-state index is -0.0573. The van der Waals surface area contributed by atoms with Gasteiger partial charge in [0, 0.05) is 32.3 Å². The van der Waals surface area contributed by atoms with Crippen molar-refractivity contribution in [3.05, 3.63) is 18.2 Å². The van der Waals surface area contributed by atoms with Crippen molar-refractivity contribution in [3.63, 3.8) is 0 Å². The number of benzene rings is 1. The monoisotopic (exact) mass is 308 g/mol. The van der Waals surface area contributed by atoms with Crippen molar-refractivity contribution < 1.29 is 9.47 Å². The van der Waals surface area contributed by atoms with Gasteiger partial charge >= 0.3 is 0 Å². The predicted octanol–water partition coefficient (Wildman–Crippen LogP) is 1.88. The molecule has 3 rings (SSSR count). The number of anilines is 1. The van der Waals surface area contributed by atoms with E-state index in [0.29, 0.717) is 0 Å². The Balaban J connectivity index is 1.60. The second-order valence-electron chi connectivity index (χ2n) is 5.79. The zero-order valence-electron chi connectivity index (χ0n) is 12.8. The number of ether oxygens (including phenoxy) is 2. The van der Waals surface area contributed by atoms with E-state index in [-0.39, 0.29) is 7.92 Å². The van der Waals surface area contributed by atoms with Crippen LogP contribution in [0.5, 0.6) is 5.75 Å². The molecule has 2 N–H and O–H groups in total. The summed E-state index contributed by atoms with van der Waals surface area (Å²) < 4.78 is 10.8. The Kier molecular flexibility index (Phi) is 4.99. The highest BCUT2D eigenvalue weighted by Gasteiger charge is 2.27. The Morgan fingerprint density at radius 2 is 1.95 bits per heavy atom. The largest absolute Gasteiger partial charge is 0.495 e. The molecule has 0 atom stereocenters. The second-order valence-corrected chi connectivity index (χ2v) is 8.28. The van der Waals surface area contributed by atoms with Crippen molar-refractivity contribution in [3.8, 4) is 5.75 Å². The molecular weight excluding hydrogens is 283 g/mol. The van der Waals surface area contributed by atoms with Crippen molar-refractivity contribution in [1.82, 2.24) is 4.90 Å². The highest BCUT2D eigenvalue weighted by atomic mass is 31.1. The zero-order chi connectivity index (χ0) is 14.7. The summed E-state index contributed by atoms with van der Waals surface area (Å²) in [6.45, 7) is 4.32. The first-order valence-corrected chi connectivity index (χ1v) is 9.49. The third kappa shape index (κ3) is 3.50. The van der Waals surface area contributed by atoms with Gasteiger partial charge in [-0.05, 0) is 42.6 Å². The fourth-order valence-electron chi connectivity index (χ4n) is 3.29. The lowest BCUT2D eigenvalue weighted by Crippen LogP contribution is -2.45. The second kappa shape index (κ2) is 6.95. The molecule has 5 heteroatoms. The van der Waals surface area contributed by atoms with Crippen LogP contribution in [0, 0.1) is 0 Å². The van der Waals surface area contributed by atoms with Gasteiger partial charge in [-0.25, -0.2) is 0 Å². The van der Waals surface area contributed by atoms with E-state index in [0.717, 1.165) is 30.7 Å². The molecule has 2 aliphatic heterocycles. The van der Waals surface area contributed by atoms with Crippen molar-refractivity contribution in [1.29, 1.82) is 0 Å². The average molecular weight is 308 g/mol. The van der Waals surface area contributed by atoms with Crippen LogP contribution in [0.25, 0.3) is 0 Å². The van der Waals surface area contributed by atoms with Gasteiger partial charge in [0.2, 0.25) is 0 Å². The smallest absolute Gasteiger partial charge is 0.142 e. The molecule has 1 aromatic rings. The first kappa shape index (κ1) is 15.1. The number of rotatable bonds is 3. The van der Waals surface area contributed by atoms with Crippen LogP contribution >= 0.6 is 7.92 Å². The first-order valence-electron chi connectivity index (χ1n) is 7.78. The van der Waals surface area contributed by atoms with E-state index in [1.54, 1.807) is 7.11 Å². The van der Waals surface area contributed by atoms with Crippen LogP contribution in [0.3, 0.4) is 0 Å². The fraction of sp³-hybridized carbons (Fsp3) is 0.625. The number of nitrogens with two attached hydrogens (primary N) is 1. The molecule has 1 aromatic carbocycles. The highest BCUT2D eigenvalue weighted by Crippen LogP contribution is 2.39. The summed E-state index contributed by atoms with van der Waals surface area (Å²) in [5.41, 5.74) is 6.64. The van der Waals surface area contributed by atoms with E-state index in [9.17, 15) is 0 Å². The van der Waals surface area contributed by atoms with Crippen LogP contribution in [0.1, 0.15) is 12.8 Å². The molecule has 0 amide bonds. The van der Waals surface area contributed by atoms with Crippen LogP contribution in [-0.4, -0.2) is 56.7 Å². The number of methoxy groups -OCH3 is 1. The van der Waals surface area contributed by atoms with Crippen molar-refractivity contribution in [2.24, 2.45) is 0 Å². The third-order valence-electron chi connectivity index (χ3n) is 4.60. The van der Waals surface area contributed by atoms with Gasteiger partial charge in [-0.3, -0.25) is 4.90 Å². The maximum Gasteiger partial charge on any atom is 0.142 e. The molecule has 2 fully saturated rings. The lowest BCUT2D eigenvalue weighted by Gasteiger charge is -2.39. The Labute approximate surface area is 128 Å². The quantitative estimate of drug-likeness (QED) is 0.684. The number of hydrogen-bond acceptors (Lipinski definition) is 4. The van der Waals surface area contributed by atoms with Gasteiger partial charge < -0.3 is 15.2 Å². The Morgan fingerprint density at radius 1 is 1.24 bits per heavy atom. The molecule has 4 nitrogen and oxygen atoms in total. The fourth-order valence-corrected chi connectivity index (χ4v) is 5.61. The lowest BCUT2D eigenvalue weighted by molar-refractivity contribution is 0.0373. The van der Waals surface area contributed by atoms with Gasteiger partial charge in [0.25, 0.3) is 0 Å². The van der Waals surface area contributed by atoms with Crippen LogP contribution in [0.4, 0.5) is 5.69 Å². The topological polar surface area (TPSA) is 47.7 Å². The van der Waals surface area contributed by atoms with E-state index in [1.807, 2.05) is 6.07 Å². The highest BCUT2D eigenvalue weighted by molar-refractivity contribution is 7.65. The summed E-state index contributed by atoms with van der Waals surface area (Å²) in [6.07, 6.45) is 4.99. The van der Waals surface area contributed by atoms with Crippen molar-refractivity contribution >= 4 is 18.9 Å². The number of nitrogens with zero attached hydrogens (tertiary/aromatic N) is 1. The van der Waals surface area contributed by atoms with E-state index < -0.39 is 0 Å². The molecule has 0 saturated carbocycles. The summed E-state index contributed by atoms with van der Waals surface area (Å²) in [5, 5.41) is 1.43. The molecule has 0 bridgehead atoms. The summed E-state index contributed by atoms with van der Waals surface area (Å²) in [5.74, 6) is 0.821. The van der Waals surface area contributed by atoms with Gasteiger partial charge in [-0.1, -0.05) is 14.0 Å². The first-order chi connectivity index (χ1) is 10.3. The Bertz CT molecular complexity index is 469. The summed E-state index contributed by atoms with van der Waals surface area (Å²) in [7, 11) is 1.63. The maximum absolute atomic E-state index is 5.91. The molecule has 2 heterocycles. The minimum Gasteiger partial charge on any atom is -0.495 e. The SMILES string of the molecule is COc1cc(P2CCN(C3CCOCC3)CC2)ccc1N. The molecule has 0 aliphatic carbocycles. The van der Waals surface area contributed by atoms with Gasteiger partial charge in [-0.15, -0.1) is 0 Å². The predicted molar refractivity (Wildman–Crippen MR) is 89.1 cm³/mol. The van der Waals surface area contributed by atoms with Crippen LogP contribution in [0.2, 0.25) is 0 Å². The van der Waals surface area contributed by atoms with Crippen LogP contribution in [-0.2, 0) is 4.74 Å². The molecular formula is C16H25N2O2P. The van der Waals surface area contributed by atoms with Gasteiger partial charge in [-0.2, -0.15) is 0 Å². The molecule has 0 aromatic heterocycles. The van der Waals surface area contributed by atoms with E-state index >= 15 is 0 Å². The molecule has 116 valence electrons. The Morgan fingerprint density at radius 3 is 2.62 bits per heavy atom. The zero-order valence-corrected chi connectivity index (χ0v) is 13.6. The van der Waals surface area contributed by atoms with Gasteiger partial charge in [0.1, 0.15) is 5.75 Å². The molecule has 0 radical (unpaired) electrons. The third-order valence-corrected chi connectivity index (χ3v) is 7.09. The normalized spacial score (nSPS) is 22.3. The summed E-state index contributed by atoms with van der Waals surface area (Å²) in [4.78, 5) is 2.68. The van der Waals surface area contributed by atoms with Crippen molar-refractivity contribution in [2.75, 3.05) is 51.5 Å². The molecule has 0 unspecified atom stereocenters. The Hall–Kier alpha value is -0.830.